The number of hydrogen-bond donors (Lipinski definition) is 0. The van der Waals surface area contributed by atoms with Gasteiger partial charge in [0.15, 0.2) is 0 Å². The Morgan fingerprint density at radius 2 is 2.33 bits per heavy atom. The van der Waals surface area contributed by atoms with Gasteiger partial charge in [-0.1, -0.05) is 10.8 Å². The molecule has 0 radical (unpaired) electrons. The highest BCUT2D eigenvalue weighted by Crippen LogP contribution is 2.27. The molecule has 0 aliphatic heterocycles. The minimum Gasteiger partial charge on any atom is -0.126 e. The summed E-state index contributed by atoms with van der Waals surface area (Å²) in [5, 5.41) is 0. The van der Waals surface area contributed by atoms with E-state index in [1.807, 2.05) is 0 Å². The fourth-order valence-corrected chi connectivity index (χ4v) is 2.32. The second-order valence-corrected chi connectivity index (χ2v) is 5.19. The van der Waals surface area contributed by atoms with Gasteiger partial charge in [-0.2, -0.15) is 0 Å². The monoisotopic (exact) mass is 206 g/mol. The molecule has 0 amide bonds. The average molecular weight is 208 g/mol. The Balaban J connectivity index is 2.34. The summed E-state index contributed by atoms with van der Waals surface area (Å²) < 4.78 is 0. The first-order valence-corrected chi connectivity index (χ1v) is 6.07. The molecule has 0 aromatic rings. The molecule has 0 aromatic carbocycles. The van der Waals surface area contributed by atoms with Gasteiger partial charge in [0, 0.05) is 26.4 Å². The number of alkyl halides is 1. The summed E-state index contributed by atoms with van der Waals surface area (Å²) in [6.07, 6.45) is 0. The predicted molar refractivity (Wildman–Crippen MR) is 39.7 cm³/mol. The first-order valence-electron chi connectivity index (χ1n) is 1.38. The lowest BCUT2D eigenvalue weighted by Crippen LogP contribution is -1.69. The van der Waals surface area contributed by atoms with Crippen molar-refractivity contribution >= 4 is 46.4 Å². The molecular weight excluding hydrogens is 204 g/mol. The van der Waals surface area contributed by atoms with Gasteiger partial charge in [0.05, 0.1) is 0 Å². The molecule has 0 aliphatic carbocycles. The van der Waals surface area contributed by atoms with Crippen molar-refractivity contribution in [3.8, 4) is 0 Å². The third kappa shape index (κ3) is 5.47. The molecule has 0 heterocycles. The van der Waals surface area contributed by atoms with Gasteiger partial charge in [-0.25, -0.2) is 0 Å². The van der Waals surface area contributed by atoms with Gasteiger partial charge in [0.2, 0.25) is 0 Å². The lowest BCUT2D eigenvalue weighted by molar-refractivity contribution is 1.55. The third-order valence-corrected chi connectivity index (χ3v) is 3.53. The summed E-state index contributed by atoms with van der Waals surface area (Å²) in [6, 6.07) is 0. The van der Waals surface area contributed by atoms with E-state index in [1.165, 1.54) is 0 Å². The SMILES string of the molecule is ClCCSSBr. The molecule has 0 saturated carbocycles. The van der Waals surface area contributed by atoms with Gasteiger partial charge in [-0.3, -0.25) is 0 Å². The van der Waals surface area contributed by atoms with Gasteiger partial charge in [-0.05, 0) is 9.23 Å². The molecule has 0 aliphatic rings. The van der Waals surface area contributed by atoms with E-state index in [0.29, 0.717) is 0 Å². The second kappa shape index (κ2) is 6.47. The number of rotatable bonds is 3. The van der Waals surface area contributed by atoms with Crippen molar-refractivity contribution in [3.63, 3.8) is 0 Å². The molecule has 0 unspecified atom stereocenters. The maximum atomic E-state index is 5.33. The van der Waals surface area contributed by atoms with Crippen LogP contribution >= 0.6 is 46.4 Å². The van der Waals surface area contributed by atoms with Crippen LogP contribution in [0, 0.1) is 0 Å². The molecule has 0 nitrogen and oxygen atoms in total. The Labute approximate surface area is 58.0 Å². The van der Waals surface area contributed by atoms with Crippen molar-refractivity contribution in [2.75, 3.05) is 11.6 Å². The average Bonchev–Trinajstić information content (AvgIpc) is 1.61. The zero-order valence-electron chi connectivity index (χ0n) is 2.99. The van der Waals surface area contributed by atoms with E-state index in [0.717, 1.165) is 11.6 Å². The zero-order valence-corrected chi connectivity index (χ0v) is 6.96. The lowest BCUT2D eigenvalue weighted by atomic mass is 11.0. The Kier molecular flexibility index (Phi) is 8.06. The van der Waals surface area contributed by atoms with Crippen LogP contribution in [0.5, 0.6) is 0 Å². The normalized spacial score (nSPS) is 9.00. The highest BCUT2D eigenvalue weighted by atomic mass is 79.9. The first-order chi connectivity index (χ1) is 2.91. The summed E-state index contributed by atoms with van der Waals surface area (Å²) >= 11 is 8.50. The smallest absolute Gasteiger partial charge is 0.0322 e. The third-order valence-electron chi connectivity index (χ3n) is 0.205. The fraction of sp³-hybridized carbons (Fsp3) is 1.00. The van der Waals surface area contributed by atoms with Gasteiger partial charge in [-0.15, -0.1) is 11.6 Å². The van der Waals surface area contributed by atoms with Crippen LogP contribution in [0.3, 0.4) is 0 Å². The molecule has 0 spiro atoms. The van der Waals surface area contributed by atoms with E-state index >= 15 is 0 Å². The van der Waals surface area contributed by atoms with E-state index < -0.39 is 0 Å². The van der Waals surface area contributed by atoms with E-state index in [2.05, 4.69) is 14.8 Å². The molecule has 38 valence electrons. The zero-order chi connectivity index (χ0) is 4.83. The predicted octanol–water partition coefficient (Wildman–Crippen LogP) is 2.92. The van der Waals surface area contributed by atoms with Crippen LogP contribution in [0.4, 0.5) is 0 Å². The van der Waals surface area contributed by atoms with E-state index in [9.17, 15) is 0 Å². The van der Waals surface area contributed by atoms with Crippen molar-refractivity contribution in [1.82, 2.24) is 0 Å². The Hall–Kier alpha value is 1.47. The van der Waals surface area contributed by atoms with Crippen molar-refractivity contribution in [1.29, 1.82) is 0 Å². The summed E-state index contributed by atoms with van der Waals surface area (Å²) in [7, 11) is 3.28. The second-order valence-electron chi connectivity index (χ2n) is 0.574. The molecule has 0 atom stereocenters. The van der Waals surface area contributed by atoms with Crippen LogP contribution in [0.25, 0.3) is 0 Å². The topological polar surface area (TPSA) is 0 Å². The van der Waals surface area contributed by atoms with Crippen LogP contribution in [0.2, 0.25) is 0 Å². The summed E-state index contributed by atoms with van der Waals surface area (Å²) in [4.78, 5) is 0. The first kappa shape index (κ1) is 7.47. The fourth-order valence-electron chi connectivity index (χ4n) is 0.0630. The van der Waals surface area contributed by atoms with Crippen LogP contribution in [0.15, 0.2) is 0 Å². The molecule has 4 heteroatoms. The van der Waals surface area contributed by atoms with Crippen LogP contribution in [-0.2, 0) is 0 Å². The molecule has 6 heavy (non-hydrogen) atoms. The summed E-state index contributed by atoms with van der Waals surface area (Å²) in [5.74, 6) is 1.75. The lowest BCUT2D eigenvalue weighted by Gasteiger charge is -1.82. The molecule has 0 rings (SSSR count). The minimum atomic E-state index is 0.739. The Bertz CT molecular complexity index is 23.5. The number of hydrogen-bond acceptors (Lipinski definition) is 2. The molecule has 0 saturated heterocycles. The van der Waals surface area contributed by atoms with Crippen molar-refractivity contribution in [2.45, 2.75) is 0 Å². The molecule has 0 bridgehead atoms. The highest BCUT2D eigenvalue weighted by Gasteiger charge is 1.79. The van der Waals surface area contributed by atoms with Crippen LogP contribution in [-0.4, -0.2) is 11.6 Å². The van der Waals surface area contributed by atoms with Crippen LogP contribution in [0.1, 0.15) is 0 Å². The maximum absolute atomic E-state index is 5.33. The van der Waals surface area contributed by atoms with Gasteiger partial charge in [0.1, 0.15) is 0 Å². The molecular formula is C2H4BrClS2. The minimum absolute atomic E-state index is 0.739. The Morgan fingerprint density at radius 3 is 2.50 bits per heavy atom. The molecule has 0 fully saturated rings. The maximum Gasteiger partial charge on any atom is 0.0322 e. The Morgan fingerprint density at radius 1 is 1.67 bits per heavy atom. The van der Waals surface area contributed by atoms with E-state index in [4.69, 9.17) is 11.6 Å². The van der Waals surface area contributed by atoms with Gasteiger partial charge >= 0.3 is 0 Å². The van der Waals surface area contributed by atoms with E-state index in [-0.39, 0.29) is 0 Å². The standard InChI is InChI=1S/C2H4BrClS2/c3-6-5-2-1-4/h1-2H2. The van der Waals surface area contributed by atoms with Crippen molar-refractivity contribution < 1.29 is 0 Å². The van der Waals surface area contributed by atoms with Crippen molar-refractivity contribution in [2.24, 2.45) is 0 Å². The molecule has 0 aromatic heterocycles. The quantitative estimate of drug-likeness (QED) is 0.397. The number of halogens is 2. The largest absolute Gasteiger partial charge is 0.126 e. The summed E-state index contributed by atoms with van der Waals surface area (Å²) in [6.45, 7) is 0. The molecule has 0 N–H and O–H groups in total. The van der Waals surface area contributed by atoms with Gasteiger partial charge < -0.3 is 0 Å². The highest BCUT2D eigenvalue weighted by molar-refractivity contribution is 9.60. The van der Waals surface area contributed by atoms with Crippen LogP contribution < -0.4 is 0 Å². The summed E-state index contributed by atoms with van der Waals surface area (Å²) in [5.41, 5.74) is 0. The van der Waals surface area contributed by atoms with Gasteiger partial charge in [0.25, 0.3) is 0 Å². The van der Waals surface area contributed by atoms with E-state index in [1.54, 1.807) is 20.0 Å². The van der Waals surface area contributed by atoms with Crippen molar-refractivity contribution in [3.05, 3.63) is 0 Å².